The third-order valence-electron chi connectivity index (χ3n) is 4.25. The maximum atomic E-state index is 10.5. The van der Waals surface area contributed by atoms with Gasteiger partial charge in [-0.2, -0.15) is 0 Å². The lowest BCUT2D eigenvalue weighted by Gasteiger charge is -2.15. The van der Waals surface area contributed by atoms with Crippen LogP contribution in [0.4, 0.5) is 0 Å². The quantitative estimate of drug-likeness (QED) is 0.364. The summed E-state index contributed by atoms with van der Waals surface area (Å²) in [5.41, 5.74) is 0.574. The first-order valence-corrected chi connectivity index (χ1v) is 7.45. The molecule has 0 amide bonds. The summed E-state index contributed by atoms with van der Waals surface area (Å²) < 4.78 is 0. The average molecular weight is 334 g/mol. The minimum absolute atomic E-state index is 0. The summed E-state index contributed by atoms with van der Waals surface area (Å²) in [7, 11) is 0. The van der Waals surface area contributed by atoms with Crippen LogP contribution in [0.5, 0.6) is 23.0 Å². The molecular weight excluding hydrogens is 316 g/mol. The first-order valence-electron chi connectivity index (χ1n) is 7.45. The Morgan fingerprint density at radius 3 is 1.28 bits per heavy atom. The van der Waals surface area contributed by atoms with E-state index in [1.807, 2.05) is 24.3 Å². The fourth-order valence-electron chi connectivity index (χ4n) is 3.15. The fourth-order valence-corrected chi connectivity index (χ4v) is 3.15. The minimum atomic E-state index is -0.334. The van der Waals surface area contributed by atoms with E-state index in [9.17, 15) is 20.4 Å². The van der Waals surface area contributed by atoms with Gasteiger partial charge in [0.05, 0.1) is 0 Å². The van der Waals surface area contributed by atoms with Crippen LogP contribution in [-0.2, 0) is 0 Å². The van der Waals surface area contributed by atoms with E-state index in [4.69, 9.17) is 0 Å². The van der Waals surface area contributed by atoms with Gasteiger partial charge in [-0.1, -0.05) is 56.0 Å². The van der Waals surface area contributed by atoms with Crippen LogP contribution in [0.25, 0.3) is 32.7 Å². The Balaban J connectivity index is 0.00000182. The van der Waals surface area contributed by atoms with E-state index in [2.05, 4.69) is 0 Å². The molecule has 0 aromatic heterocycles. The van der Waals surface area contributed by atoms with Crippen LogP contribution in [0.1, 0.15) is 7.43 Å². The summed E-state index contributed by atoms with van der Waals surface area (Å²) in [6.07, 6.45) is 0. The zero-order chi connectivity index (χ0) is 16.8. The fraction of sp³-hybridized carbons (Fsp3) is 0.0476. The van der Waals surface area contributed by atoms with Gasteiger partial charge in [0, 0.05) is 11.1 Å². The van der Waals surface area contributed by atoms with Crippen LogP contribution in [0.3, 0.4) is 0 Å². The van der Waals surface area contributed by atoms with Crippen LogP contribution in [0.15, 0.2) is 60.7 Å². The van der Waals surface area contributed by atoms with Gasteiger partial charge in [0.1, 0.15) is 0 Å². The summed E-state index contributed by atoms with van der Waals surface area (Å²) in [5.74, 6) is -1.23. The van der Waals surface area contributed by atoms with Gasteiger partial charge in [-0.25, -0.2) is 0 Å². The van der Waals surface area contributed by atoms with Crippen LogP contribution < -0.4 is 0 Å². The highest BCUT2D eigenvalue weighted by Gasteiger charge is 2.21. The van der Waals surface area contributed by atoms with Crippen molar-refractivity contribution in [3.05, 3.63) is 60.7 Å². The average Bonchev–Trinajstić information content (AvgIpc) is 2.58. The molecule has 0 aliphatic rings. The van der Waals surface area contributed by atoms with Crippen LogP contribution >= 0.6 is 0 Å². The monoisotopic (exact) mass is 334 g/mol. The van der Waals surface area contributed by atoms with Crippen molar-refractivity contribution >= 4 is 21.5 Å². The predicted molar refractivity (Wildman–Crippen MR) is 100 cm³/mol. The summed E-state index contributed by atoms with van der Waals surface area (Å²) in [4.78, 5) is 0. The molecule has 4 rings (SSSR count). The number of phenolic OH excluding ortho intramolecular Hbond substituents is 4. The zero-order valence-electron chi connectivity index (χ0n) is 12.6. The van der Waals surface area contributed by atoms with Gasteiger partial charge >= 0.3 is 0 Å². The van der Waals surface area contributed by atoms with Crippen molar-refractivity contribution in [2.75, 3.05) is 0 Å². The van der Waals surface area contributed by atoms with Gasteiger partial charge in [0.2, 0.25) is 0 Å². The summed E-state index contributed by atoms with van der Waals surface area (Å²) in [6, 6.07) is 17.4. The Morgan fingerprint density at radius 1 is 0.520 bits per heavy atom. The van der Waals surface area contributed by atoms with E-state index in [0.29, 0.717) is 10.8 Å². The first kappa shape index (κ1) is 16.5. The Morgan fingerprint density at radius 2 is 0.880 bits per heavy atom. The molecule has 0 spiro atoms. The molecule has 0 aliphatic heterocycles. The standard InChI is InChI=1S/C20H14O4.CH4/c21-15-9-11-5-1-3-7-13(11)17(19(15)23)18-14-8-4-2-6-12(14)10-16(22)20(18)24;/h1-10,21-24H;1H4. The molecule has 0 fully saturated rings. The zero-order valence-corrected chi connectivity index (χ0v) is 12.6. The van der Waals surface area contributed by atoms with Crippen molar-refractivity contribution in [1.29, 1.82) is 0 Å². The van der Waals surface area contributed by atoms with Crippen LogP contribution in [0.2, 0.25) is 0 Å². The maximum Gasteiger partial charge on any atom is 0.166 e. The summed E-state index contributed by atoms with van der Waals surface area (Å²) in [6.45, 7) is 0. The highest BCUT2D eigenvalue weighted by atomic mass is 16.3. The summed E-state index contributed by atoms with van der Waals surface area (Å²) in [5, 5.41) is 43.9. The van der Waals surface area contributed by atoms with E-state index in [1.165, 1.54) is 12.1 Å². The number of benzene rings is 4. The van der Waals surface area contributed by atoms with Gasteiger partial charge in [0.25, 0.3) is 0 Å². The number of hydrogen-bond acceptors (Lipinski definition) is 4. The number of hydrogen-bond donors (Lipinski definition) is 4. The van der Waals surface area contributed by atoms with Gasteiger partial charge in [-0.05, 0) is 33.7 Å². The normalized spacial score (nSPS) is 10.7. The lowest BCUT2D eigenvalue weighted by atomic mass is 9.91. The molecule has 4 aromatic rings. The molecule has 0 bridgehead atoms. The second kappa shape index (κ2) is 5.91. The highest BCUT2D eigenvalue weighted by molar-refractivity contribution is 6.11. The van der Waals surface area contributed by atoms with Gasteiger partial charge in [-0.3, -0.25) is 0 Å². The number of phenols is 4. The Labute approximate surface area is 144 Å². The molecule has 126 valence electrons. The predicted octanol–water partition coefficient (Wildman–Crippen LogP) is 5.12. The van der Waals surface area contributed by atoms with E-state index in [0.717, 1.165) is 10.8 Å². The molecule has 0 radical (unpaired) electrons. The largest absolute Gasteiger partial charge is 0.504 e. The van der Waals surface area contributed by atoms with Crippen molar-refractivity contribution in [3.63, 3.8) is 0 Å². The summed E-state index contributed by atoms with van der Waals surface area (Å²) >= 11 is 0. The van der Waals surface area contributed by atoms with Gasteiger partial charge in [-0.15, -0.1) is 0 Å². The van der Waals surface area contributed by atoms with E-state index < -0.39 is 0 Å². The molecule has 0 aliphatic carbocycles. The molecular formula is C21H18O4. The van der Waals surface area contributed by atoms with Crippen molar-refractivity contribution < 1.29 is 20.4 Å². The van der Waals surface area contributed by atoms with Crippen molar-refractivity contribution in [1.82, 2.24) is 0 Å². The smallest absolute Gasteiger partial charge is 0.166 e. The third-order valence-corrected chi connectivity index (χ3v) is 4.25. The van der Waals surface area contributed by atoms with Crippen LogP contribution in [-0.4, -0.2) is 20.4 Å². The van der Waals surface area contributed by atoms with Crippen LogP contribution in [0, 0.1) is 0 Å². The Hall–Kier alpha value is -3.40. The van der Waals surface area contributed by atoms with E-state index in [-0.39, 0.29) is 41.6 Å². The number of fused-ring (bicyclic) bond motifs is 2. The topological polar surface area (TPSA) is 80.9 Å². The molecule has 25 heavy (non-hydrogen) atoms. The van der Waals surface area contributed by atoms with Gasteiger partial charge in [0.15, 0.2) is 23.0 Å². The SMILES string of the molecule is C.Oc1cc2ccccc2c(-c2c(O)c(O)cc3ccccc23)c1O. The number of aromatic hydroxyl groups is 4. The second-order valence-corrected chi connectivity index (χ2v) is 5.68. The van der Waals surface area contributed by atoms with E-state index >= 15 is 0 Å². The Bertz CT molecular complexity index is 1010. The van der Waals surface area contributed by atoms with Gasteiger partial charge < -0.3 is 20.4 Å². The molecule has 4 nitrogen and oxygen atoms in total. The Kier molecular flexibility index (Phi) is 3.89. The lowest BCUT2D eigenvalue weighted by molar-refractivity contribution is 0.401. The lowest BCUT2D eigenvalue weighted by Crippen LogP contribution is -1.88. The third kappa shape index (κ3) is 2.39. The van der Waals surface area contributed by atoms with E-state index in [1.54, 1.807) is 24.3 Å². The highest BCUT2D eigenvalue weighted by Crippen LogP contribution is 2.50. The number of rotatable bonds is 1. The molecule has 0 atom stereocenters. The second-order valence-electron chi connectivity index (χ2n) is 5.68. The minimum Gasteiger partial charge on any atom is -0.504 e. The maximum absolute atomic E-state index is 10.5. The first-order chi connectivity index (χ1) is 11.6. The molecule has 4 aromatic carbocycles. The van der Waals surface area contributed by atoms with Crippen molar-refractivity contribution in [2.45, 2.75) is 7.43 Å². The molecule has 4 heteroatoms. The van der Waals surface area contributed by atoms with Crippen molar-refractivity contribution in [3.8, 4) is 34.1 Å². The molecule has 0 saturated heterocycles. The molecule has 0 saturated carbocycles. The molecule has 0 heterocycles. The molecule has 0 unspecified atom stereocenters. The molecule has 4 N–H and O–H groups in total. The van der Waals surface area contributed by atoms with Crippen molar-refractivity contribution in [2.24, 2.45) is 0 Å².